The van der Waals surface area contributed by atoms with Crippen LogP contribution in [0.1, 0.15) is 30.7 Å². The molecule has 1 aromatic heterocycles. The minimum Gasteiger partial charge on any atom is -0.396 e. The van der Waals surface area contributed by atoms with Crippen LogP contribution in [0.5, 0.6) is 0 Å². The number of aromatic nitrogens is 2. The normalized spacial score (nSPS) is 11.5. The van der Waals surface area contributed by atoms with Crippen LogP contribution in [-0.4, -0.2) is 21.5 Å². The van der Waals surface area contributed by atoms with Crippen molar-refractivity contribution in [2.75, 3.05) is 11.9 Å². The first-order chi connectivity index (χ1) is 17.1. The van der Waals surface area contributed by atoms with Crippen molar-refractivity contribution >= 4 is 17.3 Å². The predicted molar refractivity (Wildman–Crippen MR) is 144 cm³/mol. The van der Waals surface area contributed by atoms with Gasteiger partial charge >= 0.3 is 0 Å². The fourth-order valence-electron chi connectivity index (χ4n) is 3.05. The number of allylic oxidation sites excluding steroid dienone is 4. The number of nitrogens with two attached hydrogens (primary N) is 2. The van der Waals surface area contributed by atoms with Gasteiger partial charge in [-0.25, -0.2) is 20.2 Å². The van der Waals surface area contributed by atoms with E-state index in [4.69, 9.17) is 11.6 Å². The third-order valence-corrected chi connectivity index (χ3v) is 4.69. The molecular weight excluding hydrogens is 439 g/mol. The lowest BCUT2D eigenvalue weighted by Crippen LogP contribution is -2.32. The zero-order valence-electron chi connectivity index (χ0n) is 20.2. The van der Waals surface area contributed by atoms with E-state index in [1.807, 2.05) is 68.5 Å². The second kappa shape index (κ2) is 14.8. The van der Waals surface area contributed by atoms with Crippen molar-refractivity contribution in [2.45, 2.75) is 20.4 Å². The molecule has 0 saturated carbocycles. The Morgan fingerprint density at radius 2 is 1.74 bits per heavy atom. The summed E-state index contributed by atoms with van der Waals surface area (Å²) in [5.41, 5.74) is 9.65. The number of rotatable bonds is 10. The third-order valence-electron chi connectivity index (χ3n) is 4.69. The van der Waals surface area contributed by atoms with E-state index in [1.165, 1.54) is 17.1 Å². The molecule has 182 valence electrons. The largest absolute Gasteiger partial charge is 0.396 e. The zero-order valence-corrected chi connectivity index (χ0v) is 20.2. The minimum atomic E-state index is -0.343. The van der Waals surface area contributed by atoms with Crippen molar-refractivity contribution in [2.24, 2.45) is 11.6 Å². The molecule has 5 N–H and O–H groups in total. The maximum atomic E-state index is 13.4. The van der Waals surface area contributed by atoms with Crippen LogP contribution >= 0.6 is 0 Å². The minimum absolute atomic E-state index is 0.343. The summed E-state index contributed by atoms with van der Waals surface area (Å²) in [4.78, 5) is 8.93. The van der Waals surface area contributed by atoms with Crippen molar-refractivity contribution in [3.63, 3.8) is 0 Å². The van der Waals surface area contributed by atoms with Crippen molar-refractivity contribution in [3.05, 3.63) is 126 Å². The molecule has 35 heavy (non-hydrogen) atoms. The van der Waals surface area contributed by atoms with E-state index < -0.39 is 0 Å². The van der Waals surface area contributed by atoms with Gasteiger partial charge in [-0.05, 0) is 41.5 Å². The standard InChI is InChI=1S/C26H27FN6.C2H6/c1-2-3-4-5-9-18-33(29)25(24(28)21-12-14-22(27)15-13-21)23-16-17-30-26(32-23)31-19-20-10-7-6-8-11-20;1-2/h2-17H,1,18-19,28-29H2,(H,30,31,32);1-2H3/b4-3-,9-5-,25-24-;. The Kier molecular flexibility index (Phi) is 11.4. The topological polar surface area (TPSA) is 93.1 Å². The number of hydrogen-bond acceptors (Lipinski definition) is 6. The first kappa shape index (κ1) is 27.0. The van der Waals surface area contributed by atoms with Gasteiger partial charge in [0.2, 0.25) is 5.95 Å². The van der Waals surface area contributed by atoms with Gasteiger partial charge in [-0.2, -0.15) is 0 Å². The van der Waals surface area contributed by atoms with Crippen LogP contribution in [0.2, 0.25) is 0 Å². The highest BCUT2D eigenvalue weighted by Gasteiger charge is 2.16. The zero-order chi connectivity index (χ0) is 25.5. The molecule has 0 unspecified atom stereocenters. The first-order valence-electron chi connectivity index (χ1n) is 11.4. The van der Waals surface area contributed by atoms with Crippen molar-refractivity contribution in [3.8, 4) is 0 Å². The quantitative estimate of drug-likeness (QED) is 0.205. The molecule has 0 aliphatic rings. The van der Waals surface area contributed by atoms with Crippen molar-refractivity contribution < 1.29 is 4.39 Å². The first-order valence-corrected chi connectivity index (χ1v) is 11.4. The van der Waals surface area contributed by atoms with Crippen molar-refractivity contribution in [1.82, 2.24) is 15.0 Å². The van der Waals surface area contributed by atoms with Gasteiger partial charge < -0.3 is 16.1 Å². The maximum absolute atomic E-state index is 13.4. The van der Waals surface area contributed by atoms with Crippen LogP contribution in [0.25, 0.3) is 11.4 Å². The van der Waals surface area contributed by atoms with E-state index in [0.717, 1.165) is 5.56 Å². The third kappa shape index (κ3) is 8.57. The Bertz CT molecular complexity index is 1140. The molecule has 0 bridgehead atoms. The molecule has 0 spiro atoms. The molecular formula is C28H33FN6. The number of hydrazine groups is 1. The number of nitrogens with one attached hydrogen (secondary N) is 1. The Balaban J connectivity index is 0.00000210. The highest BCUT2D eigenvalue weighted by Crippen LogP contribution is 2.24. The summed E-state index contributed by atoms with van der Waals surface area (Å²) >= 11 is 0. The molecule has 2 aromatic carbocycles. The smallest absolute Gasteiger partial charge is 0.223 e. The lowest BCUT2D eigenvalue weighted by Gasteiger charge is -2.23. The van der Waals surface area contributed by atoms with E-state index in [1.54, 1.807) is 30.5 Å². The van der Waals surface area contributed by atoms with E-state index >= 15 is 0 Å². The second-order valence-corrected chi connectivity index (χ2v) is 7.07. The molecule has 7 heteroatoms. The summed E-state index contributed by atoms with van der Waals surface area (Å²) in [5.74, 6) is 6.49. The SMILES string of the molecule is C=C/C=C\C=C/CN(N)/C(=C(\N)c1ccc(F)cc1)c1ccnc(NCc2ccccc2)n1.CC. The summed E-state index contributed by atoms with van der Waals surface area (Å²) in [7, 11) is 0. The van der Waals surface area contributed by atoms with E-state index in [9.17, 15) is 4.39 Å². The molecule has 0 radical (unpaired) electrons. The Labute approximate surface area is 207 Å². The number of hydrogen-bond donors (Lipinski definition) is 3. The van der Waals surface area contributed by atoms with Crippen LogP contribution in [0.4, 0.5) is 10.3 Å². The van der Waals surface area contributed by atoms with Crippen LogP contribution in [0, 0.1) is 5.82 Å². The molecule has 3 aromatic rings. The average Bonchev–Trinajstić information content (AvgIpc) is 2.90. The lowest BCUT2D eigenvalue weighted by atomic mass is 10.1. The molecule has 0 aliphatic heterocycles. The Morgan fingerprint density at radius 3 is 2.43 bits per heavy atom. The molecule has 0 aliphatic carbocycles. The van der Waals surface area contributed by atoms with Gasteiger partial charge in [0, 0.05) is 12.7 Å². The molecule has 1 heterocycles. The predicted octanol–water partition coefficient (Wildman–Crippen LogP) is 5.51. The van der Waals surface area contributed by atoms with Crippen LogP contribution in [-0.2, 0) is 6.54 Å². The fourth-order valence-corrected chi connectivity index (χ4v) is 3.05. The Morgan fingerprint density at radius 1 is 1.03 bits per heavy atom. The maximum Gasteiger partial charge on any atom is 0.223 e. The second-order valence-electron chi connectivity index (χ2n) is 7.07. The van der Waals surface area contributed by atoms with E-state index in [0.29, 0.717) is 41.7 Å². The fraction of sp³-hybridized carbons (Fsp3) is 0.143. The summed E-state index contributed by atoms with van der Waals surface area (Å²) in [5, 5.41) is 4.72. The summed E-state index contributed by atoms with van der Waals surface area (Å²) in [6.07, 6.45) is 10.7. The molecule has 6 nitrogen and oxygen atoms in total. The summed E-state index contributed by atoms with van der Waals surface area (Å²) < 4.78 is 13.4. The van der Waals surface area contributed by atoms with Gasteiger partial charge in [-0.3, -0.25) is 0 Å². The van der Waals surface area contributed by atoms with Gasteiger partial charge in [-0.1, -0.05) is 81.1 Å². The molecule has 0 amide bonds. The highest BCUT2D eigenvalue weighted by molar-refractivity contribution is 5.87. The number of anilines is 1. The molecule has 3 rings (SSSR count). The highest BCUT2D eigenvalue weighted by atomic mass is 19.1. The number of halogens is 1. The van der Waals surface area contributed by atoms with Gasteiger partial charge in [-0.15, -0.1) is 0 Å². The van der Waals surface area contributed by atoms with Crippen LogP contribution < -0.4 is 16.9 Å². The van der Waals surface area contributed by atoms with E-state index in [-0.39, 0.29) is 5.82 Å². The van der Waals surface area contributed by atoms with E-state index in [2.05, 4.69) is 21.9 Å². The molecule has 0 fully saturated rings. The average molecular weight is 473 g/mol. The summed E-state index contributed by atoms with van der Waals surface area (Å²) in [6, 6.07) is 17.6. The lowest BCUT2D eigenvalue weighted by molar-refractivity contribution is 0.462. The number of nitrogens with zero attached hydrogens (tertiary/aromatic N) is 3. The monoisotopic (exact) mass is 472 g/mol. The summed E-state index contributed by atoms with van der Waals surface area (Å²) in [6.45, 7) is 8.58. The van der Waals surface area contributed by atoms with Gasteiger partial charge in [0.15, 0.2) is 0 Å². The van der Waals surface area contributed by atoms with Gasteiger partial charge in [0.1, 0.15) is 11.5 Å². The van der Waals surface area contributed by atoms with Gasteiger partial charge in [0.25, 0.3) is 0 Å². The van der Waals surface area contributed by atoms with Gasteiger partial charge in [0.05, 0.1) is 17.9 Å². The van der Waals surface area contributed by atoms with Crippen LogP contribution in [0.15, 0.2) is 104 Å². The van der Waals surface area contributed by atoms with Crippen LogP contribution in [0.3, 0.4) is 0 Å². The molecule has 0 atom stereocenters. The Hall–Kier alpha value is -4.23. The number of benzene rings is 2. The van der Waals surface area contributed by atoms with Crippen molar-refractivity contribution in [1.29, 1.82) is 0 Å². The molecule has 0 saturated heterocycles.